The minimum Gasteiger partial charge on any atom is -0.497 e. The van der Waals surface area contributed by atoms with Crippen molar-refractivity contribution in [3.63, 3.8) is 0 Å². The molecule has 3 saturated heterocycles. The second kappa shape index (κ2) is 38.4. The standard InChI is InChI=1S/C83H89NO21/c1-91-62-43-41-60(42-44-62)52-95-71-67(102-81(94-45-25-9-22-40-68(86)92-2)69(73(71)97-49-57-30-14-5-15-31-57)84-78(88)63-38-23-24-39-64(63)79(84)89)54-100-82-77(104-80(90)61-36-20-8-21-37-61)74(70(87)65(46-85)101-82)105-83-76(99-51-59-34-18-7-19-35-59)75(98-50-58-32-16-6-17-33-58)72(96-48-56-28-12-4-13-29-56)66(103-83)53-93-47-55-26-10-3-11-27-55/h3-8,10-21,23-24,26-39,41-44,65-67,69-77,81-83,85,87H,9,22,25,40,45-54H2,1-2H3/t65-,66-,67-,69-,70+,71-,72-,73-,74+,75+,76-,77-,81-,82-,83-/m1/s1. The number of ether oxygens (including phenoxy) is 15. The molecule has 0 unspecified atom stereocenters. The molecule has 8 aromatic rings. The van der Waals surface area contributed by atoms with Gasteiger partial charge in [0, 0.05) is 13.0 Å². The maximum atomic E-state index is 14.9. The molecule has 22 heteroatoms. The summed E-state index contributed by atoms with van der Waals surface area (Å²) in [5.41, 5.74) is 5.32. The van der Waals surface area contributed by atoms with Crippen LogP contribution in [0.15, 0.2) is 231 Å². The Kier molecular flexibility index (Phi) is 27.7. The van der Waals surface area contributed by atoms with E-state index < -0.39 is 123 Å². The molecule has 105 heavy (non-hydrogen) atoms. The number of rotatable bonds is 36. The summed E-state index contributed by atoms with van der Waals surface area (Å²) in [6.45, 7) is -1.03. The number of amides is 2. The van der Waals surface area contributed by atoms with Crippen molar-refractivity contribution < 1.29 is 100 Å². The average Bonchev–Trinajstić information content (AvgIpc) is 1.66. The normalized spacial score (nSPS) is 25.1. The van der Waals surface area contributed by atoms with E-state index in [0.29, 0.717) is 30.6 Å². The Morgan fingerprint density at radius 1 is 0.419 bits per heavy atom. The Morgan fingerprint density at radius 3 is 1.39 bits per heavy atom. The van der Waals surface area contributed by atoms with Gasteiger partial charge >= 0.3 is 11.9 Å². The number of fused-ring (bicyclic) bond motifs is 1. The predicted octanol–water partition coefficient (Wildman–Crippen LogP) is 10.7. The van der Waals surface area contributed by atoms with Gasteiger partial charge in [-0.3, -0.25) is 19.3 Å². The molecule has 0 bridgehead atoms. The van der Waals surface area contributed by atoms with Crippen molar-refractivity contribution in [1.29, 1.82) is 0 Å². The lowest BCUT2D eigenvalue weighted by Crippen LogP contribution is -2.68. The fourth-order valence-corrected chi connectivity index (χ4v) is 13.3. The van der Waals surface area contributed by atoms with Crippen molar-refractivity contribution >= 4 is 23.8 Å². The molecule has 552 valence electrons. The molecule has 0 spiro atoms. The van der Waals surface area contributed by atoms with E-state index in [-0.39, 0.29) is 81.9 Å². The largest absolute Gasteiger partial charge is 0.497 e. The Labute approximate surface area is 610 Å². The maximum absolute atomic E-state index is 14.9. The predicted molar refractivity (Wildman–Crippen MR) is 380 cm³/mol. The number of benzene rings is 8. The molecule has 3 fully saturated rings. The average molecular weight is 1440 g/mol. The first-order valence-electron chi connectivity index (χ1n) is 35.5. The molecule has 4 heterocycles. The molecule has 0 saturated carbocycles. The minimum atomic E-state index is -1.78. The van der Waals surface area contributed by atoms with E-state index >= 15 is 0 Å². The van der Waals surface area contributed by atoms with E-state index in [1.165, 1.54) is 7.11 Å². The lowest BCUT2D eigenvalue weighted by atomic mass is 9.94. The van der Waals surface area contributed by atoms with Gasteiger partial charge in [-0.15, -0.1) is 0 Å². The van der Waals surface area contributed by atoms with E-state index in [2.05, 4.69) is 0 Å². The van der Waals surface area contributed by atoms with Crippen molar-refractivity contribution in [2.24, 2.45) is 0 Å². The van der Waals surface area contributed by atoms with Crippen LogP contribution in [0.25, 0.3) is 0 Å². The first-order chi connectivity index (χ1) is 51.5. The van der Waals surface area contributed by atoms with Crippen LogP contribution in [0.1, 0.15) is 90.1 Å². The third-order valence-electron chi connectivity index (χ3n) is 18.8. The van der Waals surface area contributed by atoms with Gasteiger partial charge in [0.05, 0.1) is 90.4 Å². The minimum absolute atomic E-state index is 0.0153. The molecule has 22 nitrogen and oxygen atoms in total. The van der Waals surface area contributed by atoms with Crippen LogP contribution in [0, 0.1) is 0 Å². The highest BCUT2D eigenvalue weighted by molar-refractivity contribution is 6.21. The molecule has 4 aliphatic heterocycles. The topological polar surface area (TPSA) is 250 Å². The molecule has 2 amide bonds. The highest BCUT2D eigenvalue weighted by atomic mass is 16.8. The van der Waals surface area contributed by atoms with Gasteiger partial charge in [0.25, 0.3) is 11.8 Å². The lowest BCUT2D eigenvalue weighted by molar-refractivity contribution is -0.373. The van der Waals surface area contributed by atoms with E-state index in [0.717, 1.165) is 32.7 Å². The van der Waals surface area contributed by atoms with Gasteiger partial charge in [-0.1, -0.05) is 201 Å². The van der Waals surface area contributed by atoms with Gasteiger partial charge in [0.1, 0.15) is 72.8 Å². The molecular formula is C83H89NO21. The molecule has 8 aromatic carbocycles. The second-order valence-electron chi connectivity index (χ2n) is 25.9. The number of hydrogen-bond acceptors (Lipinski definition) is 21. The van der Waals surface area contributed by atoms with Crippen LogP contribution in [0.4, 0.5) is 0 Å². The number of carbonyl (C=O) groups excluding carboxylic acids is 4. The molecule has 2 N–H and O–H groups in total. The molecule has 4 aliphatic rings. The summed E-state index contributed by atoms with van der Waals surface area (Å²) in [6, 6.07) is 68.4. The summed E-state index contributed by atoms with van der Waals surface area (Å²) in [4.78, 5) is 58.1. The van der Waals surface area contributed by atoms with Crippen LogP contribution < -0.4 is 4.74 Å². The number of nitrogens with zero attached hydrogens (tertiary/aromatic N) is 1. The smallest absolute Gasteiger partial charge is 0.338 e. The Bertz CT molecular complexity index is 3930. The van der Waals surface area contributed by atoms with Crippen molar-refractivity contribution in [1.82, 2.24) is 4.90 Å². The van der Waals surface area contributed by atoms with Crippen LogP contribution in [0.3, 0.4) is 0 Å². The number of esters is 2. The zero-order chi connectivity index (χ0) is 72.7. The first kappa shape index (κ1) is 75.8. The van der Waals surface area contributed by atoms with Crippen molar-refractivity contribution in [2.45, 2.75) is 157 Å². The van der Waals surface area contributed by atoms with Crippen molar-refractivity contribution in [3.05, 3.63) is 281 Å². The van der Waals surface area contributed by atoms with Crippen LogP contribution in [-0.2, 0) is 111 Å². The molecule has 12 rings (SSSR count). The fourth-order valence-electron chi connectivity index (χ4n) is 13.3. The van der Waals surface area contributed by atoms with Gasteiger partial charge < -0.3 is 81.3 Å². The highest BCUT2D eigenvalue weighted by Gasteiger charge is 2.58. The Morgan fingerprint density at radius 2 is 0.867 bits per heavy atom. The summed E-state index contributed by atoms with van der Waals surface area (Å²) in [6.07, 6.45) is -17.6. The molecule has 0 aromatic heterocycles. The summed E-state index contributed by atoms with van der Waals surface area (Å²) in [5.74, 6) is -1.85. The van der Waals surface area contributed by atoms with E-state index in [1.807, 2.05) is 164 Å². The van der Waals surface area contributed by atoms with Crippen LogP contribution in [0.2, 0.25) is 0 Å². The van der Waals surface area contributed by atoms with Crippen molar-refractivity contribution in [2.75, 3.05) is 40.6 Å². The molecule has 0 aliphatic carbocycles. The zero-order valence-electron chi connectivity index (χ0n) is 58.6. The molecule has 15 atom stereocenters. The number of hydrogen-bond donors (Lipinski definition) is 2. The van der Waals surface area contributed by atoms with Crippen molar-refractivity contribution in [3.8, 4) is 5.75 Å². The quantitative estimate of drug-likeness (QED) is 0.0210. The van der Waals surface area contributed by atoms with Crippen LogP contribution >= 0.6 is 0 Å². The third-order valence-corrected chi connectivity index (χ3v) is 18.8. The van der Waals surface area contributed by atoms with E-state index in [1.54, 1.807) is 73.8 Å². The van der Waals surface area contributed by atoms with E-state index in [9.17, 15) is 29.4 Å². The third kappa shape index (κ3) is 20.0. The monoisotopic (exact) mass is 1440 g/mol. The highest BCUT2D eigenvalue weighted by Crippen LogP contribution is 2.40. The molecule has 0 radical (unpaired) electrons. The maximum Gasteiger partial charge on any atom is 0.338 e. The number of aliphatic hydroxyl groups is 2. The fraction of sp³-hybridized carbons (Fsp3) is 0.373. The summed E-state index contributed by atoms with van der Waals surface area (Å²) in [5, 5.41) is 24.2. The van der Waals surface area contributed by atoms with Gasteiger partial charge in [-0.05, 0) is 82.6 Å². The van der Waals surface area contributed by atoms with Gasteiger partial charge in [0.15, 0.2) is 25.0 Å². The summed E-state index contributed by atoms with van der Waals surface area (Å²) in [7, 11) is 2.89. The molecular weight excluding hydrogens is 1350 g/mol. The zero-order valence-corrected chi connectivity index (χ0v) is 58.6. The number of imide groups is 1. The lowest BCUT2D eigenvalue weighted by Gasteiger charge is -2.50. The van der Waals surface area contributed by atoms with Gasteiger partial charge in [0.2, 0.25) is 0 Å². The Balaban J connectivity index is 0.930. The van der Waals surface area contributed by atoms with Crippen LogP contribution in [-0.4, -0.2) is 172 Å². The number of unbranched alkanes of at least 4 members (excludes halogenated alkanes) is 2. The first-order valence-corrected chi connectivity index (χ1v) is 35.5. The van der Waals surface area contributed by atoms with E-state index in [4.69, 9.17) is 71.1 Å². The van der Waals surface area contributed by atoms with Gasteiger partial charge in [-0.2, -0.15) is 0 Å². The Hall–Kier alpha value is -8.92. The van der Waals surface area contributed by atoms with Crippen LogP contribution in [0.5, 0.6) is 5.75 Å². The summed E-state index contributed by atoms with van der Waals surface area (Å²) < 4.78 is 100. The number of aliphatic hydroxyl groups excluding tert-OH is 2. The number of methoxy groups -OCH3 is 2. The van der Waals surface area contributed by atoms with Gasteiger partial charge in [-0.25, -0.2) is 4.79 Å². The SMILES string of the molecule is COC(=O)CCCCCO[C@@H]1O[C@H](CO[C@@H]2O[C@H](CO)[C@H](O)[C@H](O[C@H]3O[C@H](COCc4ccccc4)[C@@H](OCc4ccccc4)[C@H](OCc4ccccc4)[C@H]3OCc3ccccc3)[C@H]2OC(=O)c2ccccc2)[C@@H](OCc2ccc(OC)cc2)[C@H](OCc2ccccc2)[C@H]1N1C(=O)c2ccccc2C1=O. The summed E-state index contributed by atoms with van der Waals surface area (Å²) >= 11 is 0. The number of carbonyl (C=O) groups is 4. The second-order valence-corrected chi connectivity index (χ2v) is 25.9.